The molecule has 0 aliphatic heterocycles. The number of aromatic nitrogens is 5. The Morgan fingerprint density at radius 2 is 1.93 bits per heavy atom. The Hall–Kier alpha value is -3.04. The van der Waals surface area contributed by atoms with Gasteiger partial charge in [-0.2, -0.15) is 0 Å². The van der Waals surface area contributed by atoms with E-state index in [1.807, 2.05) is 55.5 Å². The Morgan fingerprint density at radius 1 is 1.11 bits per heavy atom. The van der Waals surface area contributed by atoms with Crippen LogP contribution < -0.4 is 5.32 Å². The lowest BCUT2D eigenvalue weighted by Crippen LogP contribution is -2.22. The number of hydrogen-bond donors (Lipinski definition) is 2. The molecule has 138 valence electrons. The molecule has 0 unspecified atom stereocenters. The Morgan fingerprint density at radius 3 is 2.82 bits per heavy atom. The maximum Gasteiger partial charge on any atom is 0.239 e. The number of nitrogens with one attached hydrogen (secondary N) is 2. The van der Waals surface area contributed by atoms with Crippen molar-refractivity contribution < 1.29 is 4.79 Å². The summed E-state index contributed by atoms with van der Waals surface area (Å²) < 4.78 is 1.04. The second-order valence-corrected chi connectivity index (χ2v) is 8.54. The number of fused-ring (bicyclic) bond motifs is 4. The van der Waals surface area contributed by atoms with Crippen LogP contribution in [0.2, 0.25) is 0 Å². The molecule has 0 bridgehead atoms. The fourth-order valence-corrected chi connectivity index (χ4v) is 4.48. The van der Waals surface area contributed by atoms with Crippen molar-refractivity contribution in [2.75, 3.05) is 5.32 Å². The lowest BCUT2D eigenvalue weighted by molar-refractivity contribution is -0.115. The number of para-hydroxylation sites is 2. The molecule has 3 aromatic heterocycles. The van der Waals surface area contributed by atoms with Crippen LogP contribution in [-0.4, -0.2) is 36.3 Å². The van der Waals surface area contributed by atoms with Gasteiger partial charge in [0.2, 0.25) is 11.1 Å². The van der Waals surface area contributed by atoms with E-state index in [9.17, 15) is 4.79 Å². The zero-order chi connectivity index (χ0) is 19.1. The van der Waals surface area contributed by atoms with Gasteiger partial charge >= 0.3 is 0 Å². The van der Waals surface area contributed by atoms with E-state index in [4.69, 9.17) is 0 Å². The first kappa shape index (κ1) is 17.1. The summed E-state index contributed by atoms with van der Waals surface area (Å²) in [6.45, 7) is 1.81. The minimum atomic E-state index is -0.393. The Balaban J connectivity index is 1.34. The number of nitrogens with zero attached hydrogens (tertiary/aromatic N) is 4. The summed E-state index contributed by atoms with van der Waals surface area (Å²) in [5.41, 5.74) is 3.23. The summed E-state index contributed by atoms with van der Waals surface area (Å²) in [6.07, 6.45) is 0. The Labute approximate surface area is 167 Å². The standard InChI is InChI=1S/C19H14N6OS2/c1-10(17(26)23-18-21-13-8-4-5-9-14(13)28-18)27-19-22-16-15(24-25-19)11-6-2-3-7-12(11)20-16/h2-10H,1H3,(H,20,22,25)(H,21,23,26)/t10-/m0/s1. The molecule has 0 aliphatic carbocycles. The van der Waals surface area contributed by atoms with Crippen LogP contribution in [0.15, 0.2) is 53.7 Å². The van der Waals surface area contributed by atoms with E-state index in [2.05, 4.69) is 30.5 Å². The monoisotopic (exact) mass is 406 g/mol. The number of anilines is 1. The number of amides is 1. The molecule has 3 heterocycles. The zero-order valence-electron chi connectivity index (χ0n) is 14.7. The van der Waals surface area contributed by atoms with Gasteiger partial charge < -0.3 is 10.3 Å². The van der Waals surface area contributed by atoms with E-state index in [-0.39, 0.29) is 5.91 Å². The van der Waals surface area contributed by atoms with Crippen molar-refractivity contribution in [2.45, 2.75) is 17.3 Å². The van der Waals surface area contributed by atoms with Gasteiger partial charge in [-0.25, -0.2) is 9.97 Å². The molecule has 5 aromatic rings. The van der Waals surface area contributed by atoms with Gasteiger partial charge in [-0.15, -0.1) is 10.2 Å². The number of hydrogen-bond acceptors (Lipinski definition) is 7. The second kappa shape index (κ2) is 6.84. The number of benzene rings is 2. The fourth-order valence-electron chi connectivity index (χ4n) is 2.90. The number of thioether (sulfide) groups is 1. The highest BCUT2D eigenvalue weighted by molar-refractivity contribution is 8.00. The number of aromatic amines is 1. The van der Waals surface area contributed by atoms with Crippen molar-refractivity contribution in [3.05, 3.63) is 48.5 Å². The third-order valence-electron chi connectivity index (χ3n) is 4.28. The molecule has 2 N–H and O–H groups in total. The van der Waals surface area contributed by atoms with Crippen LogP contribution in [0.25, 0.3) is 32.3 Å². The van der Waals surface area contributed by atoms with Crippen LogP contribution in [0.4, 0.5) is 5.13 Å². The fraction of sp³-hybridized carbons (Fsp3) is 0.105. The van der Waals surface area contributed by atoms with Crippen molar-refractivity contribution in [1.29, 1.82) is 0 Å². The maximum atomic E-state index is 12.5. The molecule has 7 nitrogen and oxygen atoms in total. The van der Waals surface area contributed by atoms with Crippen molar-refractivity contribution >= 4 is 66.4 Å². The average molecular weight is 406 g/mol. The van der Waals surface area contributed by atoms with Crippen LogP contribution in [0.5, 0.6) is 0 Å². The van der Waals surface area contributed by atoms with Crippen molar-refractivity contribution in [2.24, 2.45) is 0 Å². The molecule has 2 aromatic carbocycles. The summed E-state index contributed by atoms with van der Waals surface area (Å²) in [6, 6.07) is 15.6. The van der Waals surface area contributed by atoms with Gasteiger partial charge in [-0.1, -0.05) is 53.4 Å². The highest BCUT2D eigenvalue weighted by Crippen LogP contribution is 2.28. The summed E-state index contributed by atoms with van der Waals surface area (Å²) in [5, 5.41) is 13.0. The number of thiazole rings is 1. The summed E-state index contributed by atoms with van der Waals surface area (Å²) >= 11 is 2.72. The van der Waals surface area contributed by atoms with Gasteiger partial charge in [0.15, 0.2) is 10.8 Å². The van der Waals surface area contributed by atoms with Crippen molar-refractivity contribution in [1.82, 2.24) is 25.1 Å². The molecule has 5 rings (SSSR count). The smallest absolute Gasteiger partial charge is 0.239 e. The SMILES string of the molecule is C[C@H](Sc1nnc2c(n1)[nH]c1ccccc12)C(=O)Nc1nc2ccccc2s1. The molecular formula is C19H14N6OS2. The molecular weight excluding hydrogens is 392 g/mol. The molecule has 0 saturated heterocycles. The molecule has 1 amide bonds. The molecule has 9 heteroatoms. The Kier molecular flexibility index (Phi) is 4.18. The average Bonchev–Trinajstić information content (AvgIpc) is 3.27. The number of H-pyrrole nitrogens is 1. The van der Waals surface area contributed by atoms with Crippen LogP contribution in [-0.2, 0) is 4.79 Å². The second-order valence-electron chi connectivity index (χ2n) is 6.20. The summed E-state index contributed by atoms with van der Waals surface area (Å²) in [5.74, 6) is -0.149. The lowest BCUT2D eigenvalue weighted by atomic mass is 10.2. The van der Waals surface area contributed by atoms with E-state index >= 15 is 0 Å². The first-order valence-corrected chi connectivity index (χ1v) is 10.3. The number of carbonyl (C=O) groups is 1. The van der Waals surface area contributed by atoms with Gasteiger partial charge in [-0.3, -0.25) is 4.79 Å². The van der Waals surface area contributed by atoms with Gasteiger partial charge in [0.1, 0.15) is 5.52 Å². The highest BCUT2D eigenvalue weighted by atomic mass is 32.2. The number of carbonyl (C=O) groups excluding carboxylic acids is 1. The van der Waals surface area contributed by atoms with E-state index in [0.29, 0.717) is 15.9 Å². The summed E-state index contributed by atoms with van der Waals surface area (Å²) in [4.78, 5) is 24.7. The van der Waals surface area contributed by atoms with Crippen molar-refractivity contribution in [3.63, 3.8) is 0 Å². The van der Waals surface area contributed by atoms with Gasteiger partial charge in [0.05, 0.1) is 15.5 Å². The Bertz CT molecular complexity index is 1300. The normalized spacial score (nSPS) is 12.6. The van der Waals surface area contributed by atoms with E-state index in [1.165, 1.54) is 23.1 Å². The van der Waals surface area contributed by atoms with E-state index in [1.54, 1.807) is 0 Å². The quantitative estimate of drug-likeness (QED) is 0.434. The maximum absolute atomic E-state index is 12.5. The molecule has 0 radical (unpaired) electrons. The predicted octanol–water partition coefficient (Wildman–Crippen LogP) is 4.24. The van der Waals surface area contributed by atoms with Crippen LogP contribution in [0.1, 0.15) is 6.92 Å². The highest BCUT2D eigenvalue weighted by Gasteiger charge is 2.19. The molecule has 0 spiro atoms. The van der Waals surface area contributed by atoms with Crippen LogP contribution >= 0.6 is 23.1 Å². The minimum Gasteiger partial charge on any atom is -0.338 e. The molecule has 0 saturated carbocycles. The first-order chi connectivity index (χ1) is 13.7. The number of rotatable bonds is 4. The van der Waals surface area contributed by atoms with Crippen LogP contribution in [0.3, 0.4) is 0 Å². The lowest BCUT2D eigenvalue weighted by Gasteiger charge is -2.08. The molecule has 28 heavy (non-hydrogen) atoms. The molecule has 1 atom stereocenters. The molecule has 0 aliphatic rings. The van der Waals surface area contributed by atoms with Crippen molar-refractivity contribution in [3.8, 4) is 0 Å². The molecule has 0 fully saturated rings. The van der Waals surface area contributed by atoms with Gasteiger partial charge in [-0.05, 0) is 25.1 Å². The minimum absolute atomic E-state index is 0.149. The topological polar surface area (TPSA) is 96.5 Å². The van der Waals surface area contributed by atoms with Gasteiger partial charge in [0.25, 0.3) is 0 Å². The van der Waals surface area contributed by atoms with Crippen LogP contribution in [0, 0.1) is 0 Å². The third-order valence-corrected chi connectivity index (χ3v) is 6.18. The zero-order valence-corrected chi connectivity index (χ0v) is 16.3. The predicted molar refractivity (Wildman–Crippen MR) is 113 cm³/mol. The third kappa shape index (κ3) is 3.08. The van der Waals surface area contributed by atoms with Gasteiger partial charge in [0, 0.05) is 10.9 Å². The van der Waals surface area contributed by atoms with E-state index in [0.717, 1.165) is 26.6 Å². The first-order valence-electron chi connectivity index (χ1n) is 8.61. The van der Waals surface area contributed by atoms with E-state index < -0.39 is 5.25 Å². The summed E-state index contributed by atoms with van der Waals surface area (Å²) in [7, 11) is 0. The largest absolute Gasteiger partial charge is 0.338 e.